The molecule has 19 heavy (non-hydrogen) atoms. The summed E-state index contributed by atoms with van der Waals surface area (Å²) in [7, 11) is 0. The molecule has 1 aromatic carbocycles. The van der Waals surface area contributed by atoms with Crippen molar-refractivity contribution in [3.63, 3.8) is 0 Å². The number of nitrogens with one attached hydrogen (secondary N) is 1. The lowest BCUT2D eigenvalue weighted by atomic mass is 9.83. The Labute approximate surface area is 120 Å². The SMILES string of the molecule is O=C(CC1CCC1)Nc1cccc2cc(Br)cnc12. The maximum atomic E-state index is 12.0. The van der Waals surface area contributed by atoms with E-state index in [2.05, 4.69) is 26.2 Å². The summed E-state index contributed by atoms with van der Waals surface area (Å²) in [6, 6.07) is 7.84. The van der Waals surface area contributed by atoms with E-state index in [1.165, 1.54) is 19.3 Å². The lowest BCUT2D eigenvalue weighted by Gasteiger charge is -2.24. The summed E-state index contributed by atoms with van der Waals surface area (Å²) in [6.45, 7) is 0. The molecular weight excluding hydrogens is 304 g/mol. The van der Waals surface area contributed by atoms with Gasteiger partial charge in [0.1, 0.15) is 0 Å². The van der Waals surface area contributed by atoms with Gasteiger partial charge in [-0.1, -0.05) is 18.6 Å². The van der Waals surface area contributed by atoms with Crippen LogP contribution in [0, 0.1) is 5.92 Å². The maximum Gasteiger partial charge on any atom is 0.224 e. The zero-order valence-corrected chi connectivity index (χ0v) is 12.1. The van der Waals surface area contributed by atoms with Crippen molar-refractivity contribution >= 4 is 38.4 Å². The smallest absolute Gasteiger partial charge is 0.224 e. The average molecular weight is 319 g/mol. The molecule has 1 aromatic heterocycles. The molecule has 1 aliphatic rings. The predicted octanol–water partition coefficient (Wildman–Crippen LogP) is 4.13. The second-order valence-electron chi connectivity index (χ2n) is 5.08. The minimum atomic E-state index is 0.0990. The highest BCUT2D eigenvalue weighted by Crippen LogP contribution is 2.30. The zero-order valence-electron chi connectivity index (χ0n) is 10.5. The van der Waals surface area contributed by atoms with Gasteiger partial charge in [-0.05, 0) is 46.8 Å². The van der Waals surface area contributed by atoms with Gasteiger partial charge in [0.25, 0.3) is 0 Å². The van der Waals surface area contributed by atoms with Crippen LogP contribution in [0.3, 0.4) is 0 Å². The third-order valence-electron chi connectivity index (χ3n) is 3.65. The number of hydrogen-bond donors (Lipinski definition) is 1. The molecule has 4 heteroatoms. The number of rotatable bonds is 3. The van der Waals surface area contributed by atoms with Crippen molar-refractivity contribution in [1.29, 1.82) is 0 Å². The Morgan fingerprint density at radius 3 is 3.00 bits per heavy atom. The predicted molar refractivity (Wildman–Crippen MR) is 80.0 cm³/mol. The molecule has 0 unspecified atom stereocenters. The van der Waals surface area contributed by atoms with Gasteiger partial charge in [-0.3, -0.25) is 9.78 Å². The number of pyridine rings is 1. The summed E-state index contributed by atoms with van der Waals surface area (Å²) < 4.78 is 0.943. The molecule has 0 saturated heterocycles. The highest BCUT2D eigenvalue weighted by molar-refractivity contribution is 9.10. The second-order valence-corrected chi connectivity index (χ2v) is 6.00. The summed E-state index contributed by atoms with van der Waals surface area (Å²) in [6.07, 6.45) is 6.03. The number of carbonyl (C=O) groups is 1. The first-order valence-electron chi connectivity index (χ1n) is 6.56. The zero-order chi connectivity index (χ0) is 13.2. The minimum absolute atomic E-state index is 0.0990. The minimum Gasteiger partial charge on any atom is -0.324 e. The monoisotopic (exact) mass is 318 g/mol. The van der Waals surface area contributed by atoms with Crippen LogP contribution in [0.25, 0.3) is 10.9 Å². The van der Waals surface area contributed by atoms with E-state index in [-0.39, 0.29) is 5.91 Å². The lowest BCUT2D eigenvalue weighted by Crippen LogP contribution is -2.21. The number of amides is 1. The van der Waals surface area contributed by atoms with E-state index in [0.29, 0.717) is 12.3 Å². The highest BCUT2D eigenvalue weighted by Gasteiger charge is 2.20. The summed E-state index contributed by atoms with van der Waals surface area (Å²) >= 11 is 3.41. The van der Waals surface area contributed by atoms with E-state index in [1.807, 2.05) is 24.3 Å². The fourth-order valence-corrected chi connectivity index (χ4v) is 2.74. The summed E-state index contributed by atoms with van der Waals surface area (Å²) in [4.78, 5) is 16.4. The van der Waals surface area contributed by atoms with Crippen LogP contribution in [-0.4, -0.2) is 10.9 Å². The Morgan fingerprint density at radius 2 is 2.26 bits per heavy atom. The Morgan fingerprint density at radius 1 is 1.42 bits per heavy atom. The Bertz CT molecular complexity index is 623. The van der Waals surface area contributed by atoms with Crippen LogP contribution in [0.2, 0.25) is 0 Å². The molecular formula is C15H15BrN2O. The van der Waals surface area contributed by atoms with E-state index >= 15 is 0 Å². The van der Waals surface area contributed by atoms with Gasteiger partial charge in [0, 0.05) is 22.5 Å². The van der Waals surface area contributed by atoms with Crippen LogP contribution in [-0.2, 0) is 4.79 Å². The van der Waals surface area contributed by atoms with Crippen molar-refractivity contribution in [2.75, 3.05) is 5.32 Å². The number of anilines is 1. The molecule has 0 atom stereocenters. The normalized spacial score (nSPS) is 15.2. The molecule has 0 radical (unpaired) electrons. The number of halogens is 1. The fraction of sp³-hybridized carbons (Fsp3) is 0.333. The van der Waals surface area contributed by atoms with Gasteiger partial charge in [-0.25, -0.2) is 0 Å². The molecule has 1 N–H and O–H groups in total. The van der Waals surface area contributed by atoms with E-state index in [1.54, 1.807) is 6.20 Å². The van der Waals surface area contributed by atoms with Crippen LogP contribution in [0.1, 0.15) is 25.7 Å². The van der Waals surface area contributed by atoms with Crippen LogP contribution in [0.4, 0.5) is 5.69 Å². The molecule has 1 saturated carbocycles. The summed E-state index contributed by atoms with van der Waals surface area (Å²) in [5.74, 6) is 0.680. The number of fused-ring (bicyclic) bond motifs is 1. The highest BCUT2D eigenvalue weighted by atomic mass is 79.9. The summed E-state index contributed by atoms with van der Waals surface area (Å²) in [5, 5.41) is 4.01. The molecule has 1 aliphatic carbocycles. The Balaban J connectivity index is 1.81. The Hall–Kier alpha value is -1.42. The van der Waals surface area contributed by atoms with Crippen molar-refractivity contribution in [2.45, 2.75) is 25.7 Å². The molecule has 2 aromatic rings. The number of carbonyl (C=O) groups excluding carboxylic acids is 1. The Kier molecular flexibility index (Phi) is 3.51. The first-order valence-corrected chi connectivity index (χ1v) is 7.36. The van der Waals surface area contributed by atoms with E-state index in [0.717, 1.165) is 21.1 Å². The third-order valence-corrected chi connectivity index (χ3v) is 4.08. The van der Waals surface area contributed by atoms with Crippen molar-refractivity contribution < 1.29 is 4.79 Å². The molecule has 0 spiro atoms. The fourth-order valence-electron chi connectivity index (χ4n) is 2.40. The number of nitrogens with zero attached hydrogens (tertiary/aromatic N) is 1. The van der Waals surface area contributed by atoms with Gasteiger partial charge in [0.2, 0.25) is 5.91 Å². The van der Waals surface area contributed by atoms with Crippen molar-refractivity contribution in [3.05, 3.63) is 34.9 Å². The maximum absolute atomic E-state index is 12.0. The second kappa shape index (κ2) is 5.29. The number of hydrogen-bond acceptors (Lipinski definition) is 2. The van der Waals surface area contributed by atoms with Gasteiger partial charge < -0.3 is 5.32 Å². The van der Waals surface area contributed by atoms with E-state index < -0.39 is 0 Å². The molecule has 1 amide bonds. The number of para-hydroxylation sites is 1. The molecule has 0 bridgehead atoms. The molecule has 3 nitrogen and oxygen atoms in total. The van der Waals surface area contributed by atoms with Crippen molar-refractivity contribution in [1.82, 2.24) is 4.98 Å². The van der Waals surface area contributed by atoms with Crippen LogP contribution in [0.5, 0.6) is 0 Å². The topological polar surface area (TPSA) is 42.0 Å². The number of benzene rings is 1. The lowest BCUT2D eigenvalue weighted by molar-refractivity contribution is -0.117. The van der Waals surface area contributed by atoms with Gasteiger partial charge in [0.05, 0.1) is 11.2 Å². The molecule has 0 aliphatic heterocycles. The largest absolute Gasteiger partial charge is 0.324 e. The van der Waals surface area contributed by atoms with Gasteiger partial charge in [-0.15, -0.1) is 0 Å². The molecule has 1 heterocycles. The van der Waals surface area contributed by atoms with Gasteiger partial charge in [0.15, 0.2) is 0 Å². The number of aromatic nitrogens is 1. The molecule has 98 valence electrons. The van der Waals surface area contributed by atoms with Crippen LogP contribution >= 0.6 is 15.9 Å². The van der Waals surface area contributed by atoms with Crippen LogP contribution < -0.4 is 5.32 Å². The summed E-state index contributed by atoms with van der Waals surface area (Å²) in [5.41, 5.74) is 1.64. The van der Waals surface area contributed by atoms with Crippen LogP contribution in [0.15, 0.2) is 34.9 Å². The van der Waals surface area contributed by atoms with E-state index in [9.17, 15) is 4.79 Å². The first kappa shape index (κ1) is 12.6. The van der Waals surface area contributed by atoms with Crippen molar-refractivity contribution in [2.24, 2.45) is 5.92 Å². The van der Waals surface area contributed by atoms with E-state index in [4.69, 9.17) is 0 Å². The third kappa shape index (κ3) is 2.78. The quantitative estimate of drug-likeness (QED) is 0.924. The standard InChI is InChI=1S/C15H15BrN2O/c16-12-8-11-5-2-6-13(15(11)17-9-12)18-14(19)7-10-3-1-4-10/h2,5-6,8-10H,1,3-4,7H2,(H,18,19). The van der Waals surface area contributed by atoms with Crippen molar-refractivity contribution in [3.8, 4) is 0 Å². The molecule has 1 fully saturated rings. The van der Waals surface area contributed by atoms with Gasteiger partial charge in [-0.2, -0.15) is 0 Å². The molecule has 3 rings (SSSR count). The average Bonchev–Trinajstić information content (AvgIpc) is 2.34. The van der Waals surface area contributed by atoms with Gasteiger partial charge >= 0.3 is 0 Å². The first-order chi connectivity index (χ1) is 9.22.